The number of nitrogens with one attached hydrogen (secondary N) is 1. The molecule has 1 atom stereocenters. The highest BCUT2D eigenvalue weighted by atomic mass is 35.5. The number of benzene rings is 2. The maximum absolute atomic E-state index is 13.0. The normalized spacial score (nSPS) is 12.3. The number of nitriles is 1. The van der Waals surface area contributed by atoms with Crippen molar-refractivity contribution in [2.45, 2.75) is 32.4 Å². The van der Waals surface area contributed by atoms with Crippen molar-refractivity contribution >= 4 is 29.1 Å². The van der Waals surface area contributed by atoms with Crippen molar-refractivity contribution in [2.75, 3.05) is 0 Å². The second-order valence-corrected chi connectivity index (χ2v) is 7.44. The number of hydrazine groups is 1. The molecule has 1 amide bonds. The summed E-state index contributed by atoms with van der Waals surface area (Å²) in [6.07, 6.45) is 0. The summed E-state index contributed by atoms with van der Waals surface area (Å²) < 4.78 is 0. The predicted molar refractivity (Wildman–Crippen MR) is 100 cm³/mol. The van der Waals surface area contributed by atoms with Crippen LogP contribution in [0.1, 0.15) is 42.7 Å². The molecule has 4 nitrogen and oxygen atoms in total. The Kier molecular flexibility index (Phi) is 6.07. The van der Waals surface area contributed by atoms with E-state index in [0.29, 0.717) is 15.6 Å². The van der Waals surface area contributed by atoms with Crippen LogP contribution in [0.3, 0.4) is 0 Å². The van der Waals surface area contributed by atoms with Gasteiger partial charge in [0.05, 0.1) is 11.6 Å². The van der Waals surface area contributed by atoms with Crippen molar-refractivity contribution in [1.82, 2.24) is 10.4 Å². The molecule has 0 heterocycles. The quantitative estimate of drug-likeness (QED) is 0.764. The van der Waals surface area contributed by atoms with Crippen LogP contribution in [0.5, 0.6) is 0 Å². The van der Waals surface area contributed by atoms with Gasteiger partial charge in [-0.25, -0.2) is 5.43 Å². The molecule has 1 N–H and O–H groups in total. The summed E-state index contributed by atoms with van der Waals surface area (Å²) in [6, 6.07) is 15.2. The first-order valence-corrected chi connectivity index (χ1v) is 8.49. The van der Waals surface area contributed by atoms with E-state index in [9.17, 15) is 10.1 Å². The van der Waals surface area contributed by atoms with E-state index in [0.717, 1.165) is 5.56 Å². The Bertz CT molecular complexity index is 792. The number of amides is 1. The lowest BCUT2D eigenvalue weighted by Gasteiger charge is -2.37. The van der Waals surface area contributed by atoms with Gasteiger partial charge in [0.25, 0.3) is 5.91 Å². The molecule has 0 spiro atoms. The van der Waals surface area contributed by atoms with Crippen LogP contribution in [0.2, 0.25) is 10.0 Å². The Hall–Kier alpha value is -2.06. The third-order valence-electron chi connectivity index (χ3n) is 3.54. The van der Waals surface area contributed by atoms with Gasteiger partial charge in [-0.1, -0.05) is 41.4 Å². The summed E-state index contributed by atoms with van der Waals surface area (Å²) in [4.78, 5) is 13.0. The molecule has 2 aromatic carbocycles. The smallest absolute Gasteiger partial charge is 0.268 e. The maximum atomic E-state index is 13.0. The topological polar surface area (TPSA) is 56.1 Å². The minimum Gasteiger partial charge on any atom is -0.268 e. The molecule has 0 radical (unpaired) electrons. The zero-order chi connectivity index (χ0) is 18.6. The van der Waals surface area contributed by atoms with Crippen LogP contribution < -0.4 is 5.43 Å². The van der Waals surface area contributed by atoms with Crippen LogP contribution in [0.25, 0.3) is 0 Å². The number of nitrogens with zero attached hydrogens (tertiary/aromatic N) is 2. The standard InChI is InChI=1S/C19H19Cl2N3O/c1-19(2,3)24(18(25)14-5-4-6-16(21)11-14)23-17(12-22)13-7-9-15(20)10-8-13/h4-11,17,23H,1-3H3. The number of hydrogen-bond donors (Lipinski definition) is 1. The van der Waals surface area contributed by atoms with E-state index in [2.05, 4.69) is 11.5 Å². The summed E-state index contributed by atoms with van der Waals surface area (Å²) in [5.41, 5.74) is 3.65. The Morgan fingerprint density at radius 3 is 2.28 bits per heavy atom. The molecule has 2 aromatic rings. The van der Waals surface area contributed by atoms with Gasteiger partial charge in [0.15, 0.2) is 0 Å². The van der Waals surface area contributed by atoms with Crippen LogP contribution in [0, 0.1) is 11.3 Å². The fourth-order valence-corrected chi connectivity index (χ4v) is 2.59. The highest BCUT2D eigenvalue weighted by molar-refractivity contribution is 6.31. The molecule has 25 heavy (non-hydrogen) atoms. The minimum atomic E-state index is -0.695. The summed E-state index contributed by atoms with van der Waals surface area (Å²) >= 11 is 11.9. The molecule has 0 fully saturated rings. The molecule has 2 rings (SSSR count). The molecule has 0 aliphatic heterocycles. The summed E-state index contributed by atoms with van der Waals surface area (Å²) in [5.74, 6) is -0.260. The molecule has 0 saturated carbocycles. The number of carbonyl (C=O) groups is 1. The minimum absolute atomic E-state index is 0.260. The Labute approximate surface area is 157 Å². The lowest BCUT2D eigenvalue weighted by Crippen LogP contribution is -2.54. The molecular weight excluding hydrogens is 357 g/mol. The van der Waals surface area contributed by atoms with E-state index in [4.69, 9.17) is 23.2 Å². The zero-order valence-electron chi connectivity index (χ0n) is 14.3. The van der Waals surface area contributed by atoms with Gasteiger partial charge in [-0.15, -0.1) is 0 Å². The van der Waals surface area contributed by atoms with Gasteiger partial charge in [-0.05, 0) is 56.7 Å². The fraction of sp³-hybridized carbons (Fsp3) is 0.263. The molecule has 0 saturated heterocycles. The van der Waals surface area contributed by atoms with Crippen molar-refractivity contribution in [1.29, 1.82) is 5.26 Å². The van der Waals surface area contributed by atoms with E-state index in [1.54, 1.807) is 48.5 Å². The van der Waals surface area contributed by atoms with Crippen LogP contribution in [0.4, 0.5) is 0 Å². The Morgan fingerprint density at radius 2 is 1.76 bits per heavy atom. The van der Waals surface area contributed by atoms with E-state index in [1.165, 1.54) is 5.01 Å². The average molecular weight is 376 g/mol. The third-order valence-corrected chi connectivity index (χ3v) is 4.02. The number of carbonyl (C=O) groups excluding carboxylic acids is 1. The maximum Gasteiger partial charge on any atom is 0.268 e. The molecular formula is C19H19Cl2N3O. The molecule has 6 heteroatoms. The van der Waals surface area contributed by atoms with Crippen LogP contribution >= 0.6 is 23.2 Å². The highest BCUT2D eigenvalue weighted by Crippen LogP contribution is 2.22. The van der Waals surface area contributed by atoms with Crippen LogP contribution in [0.15, 0.2) is 48.5 Å². The summed E-state index contributed by atoms with van der Waals surface area (Å²) in [5, 5.41) is 12.1. The third kappa shape index (κ3) is 4.96. The Morgan fingerprint density at radius 1 is 1.12 bits per heavy atom. The highest BCUT2D eigenvalue weighted by Gasteiger charge is 2.30. The molecule has 0 bridgehead atoms. The van der Waals surface area contributed by atoms with Gasteiger partial charge >= 0.3 is 0 Å². The molecule has 0 aliphatic carbocycles. The monoisotopic (exact) mass is 375 g/mol. The fourth-order valence-electron chi connectivity index (χ4n) is 2.27. The van der Waals surface area contributed by atoms with Crippen molar-refractivity contribution in [3.63, 3.8) is 0 Å². The molecule has 0 aromatic heterocycles. The van der Waals surface area contributed by atoms with E-state index in [-0.39, 0.29) is 5.91 Å². The van der Waals surface area contributed by atoms with Gasteiger partial charge in [0.2, 0.25) is 0 Å². The zero-order valence-corrected chi connectivity index (χ0v) is 15.8. The number of halogens is 2. The second kappa shape index (κ2) is 7.88. The van der Waals surface area contributed by atoms with Gasteiger partial charge in [-0.3, -0.25) is 9.80 Å². The summed E-state index contributed by atoms with van der Waals surface area (Å²) in [7, 11) is 0. The lowest BCUT2D eigenvalue weighted by molar-refractivity contribution is 0.0365. The van der Waals surface area contributed by atoms with E-state index < -0.39 is 11.6 Å². The van der Waals surface area contributed by atoms with Gasteiger partial charge in [0, 0.05) is 15.6 Å². The van der Waals surface area contributed by atoms with Crippen molar-refractivity contribution in [3.8, 4) is 6.07 Å². The summed E-state index contributed by atoms with van der Waals surface area (Å²) in [6.45, 7) is 5.66. The van der Waals surface area contributed by atoms with Gasteiger partial charge in [-0.2, -0.15) is 5.26 Å². The first-order chi connectivity index (χ1) is 11.7. The van der Waals surface area contributed by atoms with Crippen molar-refractivity contribution in [3.05, 3.63) is 69.7 Å². The van der Waals surface area contributed by atoms with E-state index >= 15 is 0 Å². The first-order valence-electron chi connectivity index (χ1n) is 7.74. The van der Waals surface area contributed by atoms with Crippen LogP contribution in [-0.4, -0.2) is 16.5 Å². The SMILES string of the molecule is CC(C)(C)N(NC(C#N)c1ccc(Cl)cc1)C(=O)c1cccc(Cl)c1. The number of hydrogen-bond acceptors (Lipinski definition) is 3. The second-order valence-electron chi connectivity index (χ2n) is 6.56. The Balaban J connectivity index is 2.33. The predicted octanol–water partition coefficient (Wildman–Crippen LogP) is 5.00. The van der Waals surface area contributed by atoms with Crippen molar-refractivity contribution in [2.24, 2.45) is 0 Å². The number of rotatable bonds is 4. The first kappa shape index (κ1) is 19.3. The van der Waals surface area contributed by atoms with E-state index in [1.807, 2.05) is 20.8 Å². The van der Waals surface area contributed by atoms with Gasteiger partial charge in [0.1, 0.15) is 6.04 Å². The van der Waals surface area contributed by atoms with Gasteiger partial charge < -0.3 is 0 Å². The largest absolute Gasteiger partial charge is 0.268 e. The van der Waals surface area contributed by atoms with Crippen molar-refractivity contribution < 1.29 is 4.79 Å². The average Bonchev–Trinajstić information content (AvgIpc) is 2.55. The molecule has 0 aliphatic rings. The molecule has 130 valence electrons. The van der Waals surface area contributed by atoms with Crippen LogP contribution in [-0.2, 0) is 0 Å². The molecule has 1 unspecified atom stereocenters. The lowest BCUT2D eigenvalue weighted by atomic mass is 10.0.